The maximum Gasteiger partial charge on any atom is 0.253 e. The van der Waals surface area contributed by atoms with Crippen LogP contribution in [0.3, 0.4) is 0 Å². The fourth-order valence-electron chi connectivity index (χ4n) is 5.23. The molecule has 0 spiro atoms. The van der Waals surface area contributed by atoms with Crippen LogP contribution in [0.1, 0.15) is 51.4 Å². The summed E-state index contributed by atoms with van der Waals surface area (Å²) in [5.74, 6) is 0.414. The Hall–Kier alpha value is -4.54. The van der Waals surface area contributed by atoms with E-state index in [1.165, 1.54) is 18.0 Å². The summed E-state index contributed by atoms with van der Waals surface area (Å²) in [6.45, 7) is 0.366. The highest BCUT2D eigenvalue weighted by Crippen LogP contribution is 2.40. The number of aliphatic hydroxyl groups excluding tert-OH is 1. The van der Waals surface area contributed by atoms with Crippen LogP contribution in [0.15, 0.2) is 127 Å². The molecule has 0 bridgehead atoms. The molecule has 45 heavy (non-hydrogen) atoms. The number of nitrogens with zero attached hydrogens (tertiary/aromatic N) is 2. The highest BCUT2D eigenvalue weighted by molar-refractivity contribution is 7.99. The Kier molecular flexibility index (Phi) is 9.82. The lowest BCUT2D eigenvalue weighted by molar-refractivity contribution is -0.645. The third-order valence-corrected chi connectivity index (χ3v) is 8.77. The second-order valence-electron chi connectivity index (χ2n) is 10.8. The number of benzene rings is 3. The fraction of sp³-hybridized carbons (Fsp3) is 0.194. The van der Waals surface area contributed by atoms with Gasteiger partial charge in [0.1, 0.15) is 0 Å². The smallest absolute Gasteiger partial charge is 0.253 e. The first-order valence-electron chi connectivity index (χ1n) is 14.7. The molecule has 3 aromatic carbocycles. The number of amides is 1. The molecule has 1 fully saturated rings. The van der Waals surface area contributed by atoms with Gasteiger partial charge >= 0.3 is 0 Å². The summed E-state index contributed by atoms with van der Waals surface area (Å²) >= 11 is 1.46. The molecule has 8 nitrogen and oxygen atoms in total. The third kappa shape index (κ3) is 7.76. The topological polar surface area (TPSA) is 108 Å². The monoisotopic (exact) mass is 619 g/mol. The maximum absolute atomic E-state index is 12.5. The van der Waals surface area contributed by atoms with Crippen LogP contribution >= 0.6 is 11.8 Å². The number of aliphatic hydroxyl groups is 1. The minimum Gasteiger partial charge on any atom is -0.618 e. The van der Waals surface area contributed by atoms with E-state index in [4.69, 9.17) is 9.47 Å². The normalized spacial score (nSPS) is 17.9. The van der Waals surface area contributed by atoms with Crippen LogP contribution in [0, 0.1) is 5.21 Å². The SMILES string of the molecule is O=C(NCc1cccc(-c2cccc([C@@H]3O[C@H](CSc4cccc[n+]4[O-])C[C@H](c4ccc(CO)cc4)O3)c2)c1)c1cccnc1. The van der Waals surface area contributed by atoms with Crippen LogP contribution < -0.4 is 10.0 Å². The van der Waals surface area contributed by atoms with Gasteiger partial charge < -0.3 is 25.1 Å². The molecule has 2 aromatic heterocycles. The van der Waals surface area contributed by atoms with Crippen molar-refractivity contribution in [2.45, 2.75) is 43.1 Å². The number of aromatic nitrogens is 2. The number of ether oxygens (including phenoxy) is 2. The Morgan fingerprint density at radius 3 is 2.51 bits per heavy atom. The van der Waals surface area contributed by atoms with E-state index >= 15 is 0 Å². The summed E-state index contributed by atoms with van der Waals surface area (Å²) in [7, 11) is 0. The van der Waals surface area contributed by atoms with Crippen molar-refractivity contribution >= 4 is 17.7 Å². The van der Waals surface area contributed by atoms with Crippen molar-refractivity contribution in [3.05, 3.63) is 155 Å². The third-order valence-electron chi connectivity index (χ3n) is 7.62. The van der Waals surface area contributed by atoms with E-state index in [9.17, 15) is 15.1 Å². The molecule has 1 aliphatic heterocycles. The van der Waals surface area contributed by atoms with Crippen molar-refractivity contribution in [3.63, 3.8) is 0 Å². The molecular formula is C36H33N3O5S. The zero-order valence-corrected chi connectivity index (χ0v) is 25.3. The molecule has 1 aliphatic rings. The van der Waals surface area contributed by atoms with Gasteiger partial charge in [-0.2, -0.15) is 4.73 Å². The van der Waals surface area contributed by atoms with E-state index in [-0.39, 0.29) is 24.7 Å². The van der Waals surface area contributed by atoms with E-state index < -0.39 is 6.29 Å². The molecule has 1 saturated heterocycles. The number of rotatable bonds is 10. The fourth-order valence-corrected chi connectivity index (χ4v) is 6.17. The minimum atomic E-state index is -0.621. The van der Waals surface area contributed by atoms with Crippen molar-refractivity contribution in [2.75, 3.05) is 5.75 Å². The first-order valence-corrected chi connectivity index (χ1v) is 15.7. The van der Waals surface area contributed by atoms with Crippen LogP contribution in [-0.2, 0) is 22.6 Å². The molecule has 0 saturated carbocycles. The number of nitrogens with one attached hydrogen (secondary N) is 1. The van der Waals surface area contributed by atoms with Crippen LogP contribution in [0.4, 0.5) is 0 Å². The molecule has 1 amide bonds. The molecule has 5 aromatic rings. The number of hydrogen-bond acceptors (Lipinski definition) is 7. The van der Waals surface area contributed by atoms with Gasteiger partial charge in [0, 0.05) is 48.8 Å². The predicted molar refractivity (Wildman–Crippen MR) is 172 cm³/mol. The lowest BCUT2D eigenvalue weighted by Gasteiger charge is -2.36. The second-order valence-corrected chi connectivity index (χ2v) is 11.8. The molecule has 6 rings (SSSR count). The highest BCUT2D eigenvalue weighted by Gasteiger charge is 2.33. The second kappa shape index (κ2) is 14.5. The summed E-state index contributed by atoms with van der Waals surface area (Å²) in [4.78, 5) is 16.5. The summed E-state index contributed by atoms with van der Waals surface area (Å²) in [5, 5.41) is 25.3. The van der Waals surface area contributed by atoms with Crippen molar-refractivity contribution in [1.29, 1.82) is 0 Å². The van der Waals surface area contributed by atoms with Gasteiger partial charge in [-0.15, -0.1) is 0 Å². The van der Waals surface area contributed by atoms with Crippen LogP contribution in [-0.4, -0.2) is 27.9 Å². The first kappa shape index (κ1) is 30.5. The standard InChI is InChI=1S/C36H33N3O5S/c40-23-25-12-14-27(15-13-25)33-20-32(24-45-34-11-1-2-17-39(34)42)43-36(44-33)30-9-4-8-29(19-30)28-7-3-6-26(18-28)21-38-35(41)31-10-5-16-37-22-31/h1-19,22,32-33,36,40H,20-21,23-24H2,(H,38,41)/t32-,33+,36+/m0/s1. The maximum atomic E-state index is 12.5. The summed E-state index contributed by atoms with van der Waals surface area (Å²) in [6, 6.07) is 32.8. The van der Waals surface area contributed by atoms with Gasteiger partial charge in [0.2, 0.25) is 0 Å². The van der Waals surface area contributed by atoms with Crippen molar-refractivity contribution < 1.29 is 24.1 Å². The predicted octanol–water partition coefficient (Wildman–Crippen LogP) is 6.14. The minimum absolute atomic E-state index is 0.0199. The highest BCUT2D eigenvalue weighted by atomic mass is 32.2. The van der Waals surface area contributed by atoms with E-state index in [1.54, 1.807) is 30.6 Å². The van der Waals surface area contributed by atoms with Crippen LogP contribution in [0.2, 0.25) is 0 Å². The van der Waals surface area contributed by atoms with Gasteiger partial charge in [-0.05, 0) is 58.1 Å². The largest absolute Gasteiger partial charge is 0.618 e. The van der Waals surface area contributed by atoms with Gasteiger partial charge in [-0.3, -0.25) is 9.78 Å². The number of carbonyl (C=O) groups excluding carboxylic acids is 1. The number of carbonyl (C=O) groups is 1. The summed E-state index contributed by atoms with van der Waals surface area (Å²) in [5.41, 5.74) is 6.22. The zero-order valence-electron chi connectivity index (χ0n) is 24.5. The molecule has 0 aliphatic carbocycles. The first-order chi connectivity index (χ1) is 22.1. The molecule has 0 unspecified atom stereocenters. The zero-order chi connectivity index (χ0) is 31.0. The quantitative estimate of drug-likeness (QED) is 0.110. The van der Waals surface area contributed by atoms with Gasteiger partial charge in [0.05, 0.1) is 24.4 Å². The van der Waals surface area contributed by atoms with Gasteiger partial charge in [-0.1, -0.05) is 72.4 Å². The molecule has 3 atom stereocenters. The molecule has 9 heteroatoms. The Bertz CT molecular complexity index is 1730. The summed E-state index contributed by atoms with van der Waals surface area (Å²) < 4.78 is 13.9. The van der Waals surface area contributed by atoms with Gasteiger partial charge in [0.15, 0.2) is 12.5 Å². The Morgan fingerprint density at radius 1 is 0.911 bits per heavy atom. The van der Waals surface area contributed by atoms with Gasteiger partial charge in [0.25, 0.3) is 10.9 Å². The van der Waals surface area contributed by atoms with Crippen molar-refractivity contribution in [1.82, 2.24) is 10.3 Å². The molecule has 3 heterocycles. The Morgan fingerprint density at radius 2 is 1.73 bits per heavy atom. The number of hydrogen-bond donors (Lipinski definition) is 2. The van der Waals surface area contributed by atoms with Crippen LogP contribution in [0.25, 0.3) is 11.1 Å². The van der Waals surface area contributed by atoms with E-state index in [0.717, 1.165) is 38.1 Å². The van der Waals surface area contributed by atoms with E-state index in [1.807, 2.05) is 72.8 Å². The van der Waals surface area contributed by atoms with Crippen LogP contribution in [0.5, 0.6) is 0 Å². The molecular weight excluding hydrogens is 586 g/mol. The average molecular weight is 620 g/mol. The lowest BCUT2D eigenvalue weighted by Crippen LogP contribution is -2.32. The lowest BCUT2D eigenvalue weighted by atomic mass is 9.99. The van der Waals surface area contributed by atoms with Gasteiger partial charge in [-0.25, -0.2) is 0 Å². The Labute approximate surface area is 266 Å². The van der Waals surface area contributed by atoms with E-state index in [2.05, 4.69) is 22.4 Å². The number of pyridine rings is 2. The summed E-state index contributed by atoms with van der Waals surface area (Å²) in [6.07, 6.45) is 4.28. The Balaban J connectivity index is 1.20. The molecule has 228 valence electrons. The van der Waals surface area contributed by atoms with Crippen molar-refractivity contribution in [2.24, 2.45) is 0 Å². The number of thioether (sulfide) groups is 1. The van der Waals surface area contributed by atoms with E-state index in [0.29, 0.717) is 29.3 Å². The average Bonchev–Trinajstić information content (AvgIpc) is 3.10. The molecule has 0 radical (unpaired) electrons. The molecule has 2 N–H and O–H groups in total. The van der Waals surface area contributed by atoms with Crippen molar-refractivity contribution in [3.8, 4) is 11.1 Å².